The lowest BCUT2D eigenvalue weighted by Crippen LogP contribution is -2.50. The van der Waals surface area contributed by atoms with E-state index in [-0.39, 0.29) is 0 Å². The first-order valence-electron chi connectivity index (χ1n) is 9.92. The molecule has 1 atom stereocenters. The molecule has 6 heteroatoms. The van der Waals surface area contributed by atoms with Crippen LogP contribution in [0.1, 0.15) is 42.5 Å². The van der Waals surface area contributed by atoms with E-state index >= 15 is 0 Å². The average Bonchev–Trinajstić information content (AvgIpc) is 3.11. The molecule has 0 N–H and O–H groups in total. The number of hydrogen-bond donors (Lipinski definition) is 0. The van der Waals surface area contributed by atoms with Gasteiger partial charge in [-0.2, -0.15) is 4.98 Å². The fraction of sp³-hybridized carbons (Fsp3) is 0.619. The summed E-state index contributed by atoms with van der Waals surface area (Å²) in [7, 11) is 3.91. The lowest BCUT2D eigenvalue weighted by atomic mass is 9.68. The van der Waals surface area contributed by atoms with Crippen molar-refractivity contribution in [2.45, 2.75) is 38.3 Å². The number of ether oxygens (including phenoxy) is 1. The van der Waals surface area contributed by atoms with Crippen LogP contribution in [0.3, 0.4) is 0 Å². The normalized spacial score (nSPS) is 23.7. The second-order valence-corrected chi connectivity index (χ2v) is 8.32. The van der Waals surface area contributed by atoms with Gasteiger partial charge in [-0.1, -0.05) is 35.5 Å². The molecule has 0 bridgehead atoms. The molecule has 0 saturated carbocycles. The number of likely N-dealkylation sites (tertiary alicyclic amines) is 2. The summed E-state index contributed by atoms with van der Waals surface area (Å²) in [6.45, 7) is 5.72. The number of benzene rings is 1. The van der Waals surface area contributed by atoms with Gasteiger partial charge in [0.2, 0.25) is 0 Å². The summed E-state index contributed by atoms with van der Waals surface area (Å²) in [5.41, 5.74) is 1.92. The van der Waals surface area contributed by atoms with Crippen molar-refractivity contribution >= 4 is 0 Å². The summed E-state index contributed by atoms with van der Waals surface area (Å²) in [5, 5.41) is 4.08. The smallest absolute Gasteiger partial charge is 0.252 e. The third kappa shape index (κ3) is 4.39. The third-order valence-corrected chi connectivity index (χ3v) is 6.15. The minimum absolute atomic E-state index is 0.378. The molecule has 2 fully saturated rings. The minimum Gasteiger partial charge on any atom is -0.375 e. The first-order valence-corrected chi connectivity index (χ1v) is 9.92. The van der Waals surface area contributed by atoms with Crippen molar-refractivity contribution in [3.8, 4) is 0 Å². The molecule has 2 saturated heterocycles. The Kier molecular flexibility index (Phi) is 5.57. The zero-order valence-electron chi connectivity index (χ0n) is 16.4. The van der Waals surface area contributed by atoms with E-state index in [0.717, 1.165) is 25.5 Å². The Morgan fingerprint density at radius 2 is 2.00 bits per heavy atom. The van der Waals surface area contributed by atoms with Crippen molar-refractivity contribution in [3.63, 3.8) is 0 Å². The molecule has 2 aliphatic heterocycles. The second kappa shape index (κ2) is 8.09. The Morgan fingerprint density at radius 3 is 2.74 bits per heavy atom. The summed E-state index contributed by atoms with van der Waals surface area (Å²) in [6.07, 6.45) is 3.78. The van der Waals surface area contributed by atoms with Gasteiger partial charge in [0.05, 0.1) is 6.54 Å². The fourth-order valence-corrected chi connectivity index (χ4v) is 4.90. The minimum atomic E-state index is 0.378. The largest absolute Gasteiger partial charge is 0.375 e. The van der Waals surface area contributed by atoms with Crippen LogP contribution in [0.5, 0.6) is 0 Å². The highest BCUT2D eigenvalue weighted by atomic mass is 16.5. The van der Waals surface area contributed by atoms with Crippen molar-refractivity contribution in [2.24, 2.45) is 5.41 Å². The third-order valence-electron chi connectivity index (χ3n) is 6.15. The first-order chi connectivity index (χ1) is 13.2. The summed E-state index contributed by atoms with van der Waals surface area (Å²) < 4.78 is 10.3. The topological polar surface area (TPSA) is 54.6 Å². The van der Waals surface area contributed by atoms with E-state index in [9.17, 15) is 0 Å². The molecule has 1 aromatic heterocycles. The van der Waals surface area contributed by atoms with Crippen LogP contribution >= 0.6 is 0 Å². The molecule has 4 rings (SSSR count). The molecule has 146 valence electrons. The van der Waals surface area contributed by atoms with Crippen molar-refractivity contribution in [3.05, 3.63) is 47.6 Å². The Hall–Kier alpha value is -1.76. The lowest BCUT2D eigenvalue weighted by molar-refractivity contribution is 0.0210. The van der Waals surface area contributed by atoms with Crippen LogP contribution in [-0.2, 0) is 17.9 Å². The molecule has 1 spiro atoms. The van der Waals surface area contributed by atoms with E-state index in [2.05, 4.69) is 57.3 Å². The van der Waals surface area contributed by atoms with E-state index in [1.807, 2.05) is 0 Å². The Bertz CT molecular complexity index is 725. The van der Waals surface area contributed by atoms with Crippen molar-refractivity contribution in [1.82, 2.24) is 19.9 Å². The van der Waals surface area contributed by atoms with Gasteiger partial charge in [0, 0.05) is 20.2 Å². The van der Waals surface area contributed by atoms with Crippen LogP contribution in [0.25, 0.3) is 0 Å². The van der Waals surface area contributed by atoms with Crippen molar-refractivity contribution < 1.29 is 9.26 Å². The van der Waals surface area contributed by atoms with Crippen LogP contribution in [0, 0.1) is 5.41 Å². The van der Waals surface area contributed by atoms with Crippen LogP contribution < -0.4 is 0 Å². The highest BCUT2D eigenvalue weighted by Crippen LogP contribution is 2.44. The number of piperidine rings is 2. The van der Waals surface area contributed by atoms with Crippen LogP contribution in [0.4, 0.5) is 0 Å². The molecule has 2 aromatic rings. The number of likely N-dealkylation sites (N-methyl/N-ethyl adjacent to an activating group) is 1. The van der Waals surface area contributed by atoms with Crippen molar-refractivity contribution in [1.29, 1.82) is 0 Å². The zero-order valence-corrected chi connectivity index (χ0v) is 16.4. The quantitative estimate of drug-likeness (QED) is 0.807. The number of rotatable bonds is 5. The zero-order chi connectivity index (χ0) is 18.7. The van der Waals surface area contributed by atoms with E-state index in [1.165, 1.54) is 37.9 Å². The van der Waals surface area contributed by atoms with Gasteiger partial charge in [0.1, 0.15) is 6.61 Å². The van der Waals surface area contributed by atoms with Gasteiger partial charge in [0.25, 0.3) is 5.89 Å². The Balaban J connectivity index is 1.36. The van der Waals surface area contributed by atoms with Gasteiger partial charge >= 0.3 is 0 Å². The SMILES string of the molecule is COCc1nc(CN2CCC3(CC2)C[C@@H](c2ccccc2)CN(C)C3)no1. The van der Waals surface area contributed by atoms with E-state index in [0.29, 0.717) is 23.8 Å². The standard InChI is InChI=1S/C21H30N4O2/c1-24-13-18(17-6-4-3-5-7-17)12-21(16-24)8-10-25(11-9-21)14-19-22-20(15-26-2)27-23-19/h3-7,18H,8-16H2,1-2H3/t18-/m1/s1. The van der Waals surface area contributed by atoms with Crippen LogP contribution in [0.2, 0.25) is 0 Å². The second-order valence-electron chi connectivity index (χ2n) is 8.32. The molecule has 1 aromatic carbocycles. The van der Waals surface area contributed by atoms with Gasteiger partial charge in [-0.05, 0) is 56.3 Å². The molecule has 0 amide bonds. The molecular weight excluding hydrogens is 340 g/mol. The van der Waals surface area contributed by atoms with E-state index < -0.39 is 0 Å². The molecule has 0 unspecified atom stereocenters. The maximum atomic E-state index is 5.21. The highest BCUT2D eigenvalue weighted by molar-refractivity contribution is 5.21. The Morgan fingerprint density at radius 1 is 1.22 bits per heavy atom. The van der Waals surface area contributed by atoms with Gasteiger partial charge in [-0.3, -0.25) is 4.90 Å². The summed E-state index contributed by atoms with van der Waals surface area (Å²) in [4.78, 5) is 9.40. The van der Waals surface area contributed by atoms with Crippen LogP contribution in [0.15, 0.2) is 34.9 Å². The molecule has 27 heavy (non-hydrogen) atoms. The highest BCUT2D eigenvalue weighted by Gasteiger charge is 2.41. The van der Waals surface area contributed by atoms with Crippen LogP contribution in [-0.4, -0.2) is 60.3 Å². The predicted molar refractivity (Wildman–Crippen MR) is 103 cm³/mol. The number of nitrogens with zero attached hydrogens (tertiary/aromatic N) is 4. The number of methoxy groups -OCH3 is 1. The van der Waals surface area contributed by atoms with Crippen molar-refractivity contribution in [2.75, 3.05) is 40.3 Å². The maximum Gasteiger partial charge on any atom is 0.252 e. The monoisotopic (exact) mass is 370 g/mol. The first kappa shape index (κ1) is 18.6. The van der Waals surface area contributed by atoms with Gasteiger partial charge in [0.15, 0.2) is 5.82 Å². The summed E-state index contributed by atoms with van der Waals surface area (Å²) >= 11 is 0. The van der Waals surface area contributed by atoms with E-state index in [1.54, 1.807) is 7.11 Å². The summed E-state index contributed by atoms with van der Waals surface area (Å²) in [5.74, 6) is 1.96. The molecule has 2 aliphatic rings. The lowest BCUT2D eigenvalue weighted by Gasteiger charge is -2.49. The number of aromatic nitrogens is 2. The maximum absolute atomic E-state index is 5.21. The van der Waals surface area contributed by atoms with Gasteiger partial charge < -0.3 is 14.2 Å². The molecule has 0 aliphatic carbocycles. The Labute approximate surface area is 161 Å². The fourth-order valence-electron chi connectivity index (χ4n) is 4.90. The molecule has 3 heterocycles. The average molecular weight is 370 g/mol. The predicted octanol–water partition coefficient (Wildman–Crippen LogP) is 2.92. The molecule has 0 radical (unpaired) electrons. The molecular formula is C21H30N4O2. The molecule has 6 nitrogen and oxygen atoms in total. The van der Waals surface area contributed by atoms with Gasteiger partial charge in [-0.25, -0.2) is 0 Å². The summed E-state index contributed by atoms with van der Waals surface area (Å²) in [6, 6.07) is 11.0. The van der Waals surface area contributed by atoms with Gasteiger partial charge in [-0.15, -0.1) is 0 Å². The number of hydrogen-bond acceptors (Lipinski definition) is 6. The van der Waals surface area contributed by atoms with E-state index in [4.69, 9.17) is 9.26 Å².